The summed E-state index contributed by atoms with van der Waals surface area (Å²) in [5, 5.41) is 9.54. The lowest BCUT2D eigenvalue weighted by atomic mass is 10.1. The van der Waals surface area contributed by atoms with Crippen LogP contribution in [0.25, 0.3) is 0 Å². The van der Waals surface area contributed by atoms with Gasteiger partial charge in [-0.05, 0) is 38.6 Å². The number of nitrogen functional groups attached to an aromatic ring is 1. The monoisotopic (exact) mass is 335 g/mol. The number of rotatable bonds is 4. The second-order valence-electron chi connectivity index (χ2n) is 6.15. The molecule has 124 valence electrons. The third-order valence-corrected chi connectivity index (χ3v) is 3.30. The Labute approximate surface area is 139 Å². The second kappa shape index (κ2) is 6.82. The lowest BCUT2D eigenvalue weighted by Crippen LogP contribution is -2.37. The maximum absolute atomic E-state index is 12.1. The number of hydrogen-bond donors (Lipinski definition) is 3. The van der Waals surface area contributed by atoms with Crippen molar-refractivity contribution in [3.8, 4) is 0 Å². The zero-order valence-corrected chi connectivity index (χ0v) is 14.2. The van der Waals surface area contributed by atoms with Crippen molar-refractivity contribution < 1.29 is 9.53 Å². The Kier molecular flexibility index (Phi) is 5.05. The number of amides is 1. The van der Waals surface area contributed by atoms with Gasteiger partial charge in [0.25, 0.3) is 0 Å². The molecular formula is C15H21N5O2S. The highest BCUT2D eigenvalue weighted by Crippen LogP contribution is 2.17. The van der Waals surface area contributed by atoms with Gasteiger partial charge in [-0.15, -0.1) is 0 Å². The van der Waals surface area contributed by atoms with Crippen LogP contribution in [0.5, 0.6) is 0 Å². The standard InChI is InChI=1S/C15H21N5O2S/c1-15(2,3)22-14(21)17-11(9-10-7-5-4-6-8-10)12-18-19-13(23)20(12)16/h4-8,11H,9,16H2,1-3H3,(H,17,21)(H,19,23). The van der Waals surface area contributed by atoms with E-state index < -0.39 is 17.7 Å². The summed E-state index contributed by atoms with van der Waals surface area (Å²) < 4.78 is 6.84. The van der Waals surface area contributed by atoms with Gasteiger partial charge in [0.15, 0.2) is 5.82 Å². The summed E-state index contributed by atoms with van der Waals surface area (Å²) in [6, 6.07) is 9.25. The average Bonchev–Trinajstić information content (AvgIpc) is 2.77. The number of nitrogens with one attached hydrogen (secondary N) is 2. The molecule has 1 amide bonds. The first-order valence-electron chi connectivity index (χ1n) is 7.22. The molecular weight excluding hydrogens is 314 g/mol. The van der Waals surface area contributed by atoms with Crippen LogP contribution >= 0.6 is 12.2 Å². The number of carbonyl (C=O) groups excluding carboxylic acids is 1. The second-order valence-corrected chi connectivity index (χ2v) is 6.53. The van der Waals surface area contributed by atoms with Crippen LogP contribution < -0.4 is 11.2 Å². The van der Waals surface area contributed by atoms with Crippen LogP contribution in [-0.4, -0.2) is 26.6 Å². The number of carbonyl (C=O) groups is 1. The molecule has 23 heavy (non-hydrogen) atoms. The third-order valence-electron chi connectivity index (χ3n) is 3.02. The zero-order chi connectivity index (χ0) is 17.0. The number of alkyl carbamates (subject to hydrolysis) is 1. The van der Waals surface area contributed by atoms with E-state index in [0.29, 0.717) is 12.2 Å². The normalized spacial score (nSPS) is 12.7. The van der Waals surface area contributed by atoms with E-state index in [1.54, 1.807) is 20.8 Å². The van der Waals surface area contributed by atoms with Gasteiger partial charge in [0.1, 0.15) is 5.60 Å². The summed E-state index contributed by atoms with van der Waals surface area (Å²) in [6.45, 7) is 5.41. The highest BCUT2D eigenvalue weighted by atomic mass is 32.1. The van der Waals surface area contributed by atoms with Crippen molar-refractivity contribution >= 4 is 18.3 Å². The van der Waals surface area contributed by atoms with Crippen LogP contribution in [0, 0.1) is 4.77 Å². The van der Waals surface area contributed by atoms with E-state index in [-0.39, 0.29) is 4.77 Å². The largest absolute Gasteiger partial charge is 0.444 e. The van der Waals surface area contributed by atoms with Crippen LogP contribution in [0.1, 0.15) is 38.2 Å². The number of nitrogens with zero attached hydrogens (tertiary/aromatic N) is 2. The number of ether oxygens (including phenoxy) is 1. The smallest absolute Gasteiger partial charge is 0.408 e. The minimum atomic E-state index is -0.588. The van der Waals surface area contributed by atoms with Gasteiger partial charge in [0.2, 0.25) is 4.77 Å². The summed E-state index contributed by atoms with van der Waals surface area (Å²) in [4.78, 5) is 12.1. The Bertz CT molecular complexity index is 717. The van der Waals surface area contributed by atoms with Gasteiger partial charge < -0.3 is 15.9 Å². The fourth-order valence-corrected chi connectivity index (χ4v) is 2.21. The molecule has 0 radical (unpaired) electrons. The van der Waals surface area contributed by atoms with Crippen LogP contribution in [0.4, 0.5) is 4.79 Å². The molecule has 8 heteroatoms. The van der Waals surface area contributed by atoms with Crippen molar-refractivity contribution in [3.63, 3.8) is 0 Å². The summed E-state index contributed by atoms with van der Waals surface area (Å²) in [5.41, 5.74) is 0.442. The summed E-state index contributed by atoms with van der Waals surface area (Å²) in [7, 11) is 0. The molecule has 0 saturated carbocycles. The molecule has 0 fully saturated rings. The predicted octanol–water partition coefficient (Wildman–Crippen LogP) is 2.46. The highest BCUT2D eigenvalue weighted by Gasteiger charge is 2.24. The van der Waals surface area contributed by atoms with E-state index in [2.05, 4.69) is 15.5 Å². The Hall–Kier alpha value is -2.35. The fraction of sp³-hybridized carbons (Fsp3) is 0.400. The quantitative estimate of drug-likeness (QED) is 0.589. The molecule has 7 nitrogen and oxygen atoms in total. The molecule has 0 bridgehead atoms. The number of H-pyrrole nitrogens is 1. The topological polar surface area (TPSA) is 98.0 Å². The number of aromatic nitrogens is 3. The molecule has 4 N–H and O–H groups in total. The summed E-state index contributed by atoms with van der Waals surface area (Å²) >= 11 is 5.04. The van der Waals surface area contributed by atoms with Crippen LogP contribution in [-0.2, 0) is 11.2 Å². The fourth-order valence-electron chi connectivity index (χ4n) is 2.07. The molecule has 1 atom stereocenters. The van der Waals surface area contributed by atoms with Crippen LogP contribution in [0.15, 0.2) is 30.3 Å². The van der Waals surface area contributed by atoms with E-state index in [9.17, 15) is 4.79 Å². The molecule has 0 saturated heterocycles. The zero-order valence-electron chi connectivity index (χ0n) is 13.4. The van der Waals surface area contributed by atoms with Crippen molar-refractivity contribution in [1.29, 1.82) is 0 Å². The van der Waals surface area contributed by atoms with E-state index >= 15 is 0 Å². The first-order valence-corrected chi connectivity index (χ1v) is 7.63. The van der Waals surface area contributed by atoms with Crippen LogP contribution in [0.3, 0.4) is 0 Å². The first kappa shape index (κ1) is 17.0. The average molecular weight is 335 g/mol. The Morgan fingerprint density at radius 2 is 2.09 bits per heavy atom. The molecule has 0 spiro atoms. The van der Waals surface area contributed by atoms with Gasteiger partial charge in [-0.2, -0.15) is 5.10 Å². The molecule has 1 aromatic carbocycles. The molecule has 2 aromatic rings. The molecule has 1 unspecified atom stereocenters. The molecule has 0 aliphatic rings. The van der Waals surface area contributed by atoms with Crippen molar-refractivity contribution in [3.05, 3.63) is 46.5 Å². The number of hydrogen-bond acceptors (Lipinski definition) is 5. The van der Waals surface area contributed by atoms with E-state index in [0.717, 1.165) is 5.56 Å². The number of aromatic amines is 1. The Morgan fingerprint density at radius 3 is 2.61 bits per heavy atom. The number of nitrogens with two attached hydrogens (primary N) is 1. The predicted molar refractivity (Wildman–Crippen MR) is 89.8 cm³/mol. The third kappa shape index (κ3) is 4.82. The molecule has 0 aliphatic carbocycles. The Morgan fingerprint density at radius 1 is 1.43 bits per heavy atom. The van der Waals surface area contributed by atoms with E-state index in [1.165, 1.54) is 4.68 Å². The SMILES string of the molecule is CC(C)(C)OC(=O)NC(Cc1ccccc1)c1n[nH]c(=S)n1N. The van der Waals surface area contributed by atoms with E-state index in [1.807, 2.05) is 30.3 Å². The minimum absolute atomic E-state index is 0.282. The molecule has 1 heterocycles. The van der Waals surface area contributed by atoms with Gasteiger partial charge in [0, 0.05) is 6.42 Å². The van der Waals surface area contributed by atoms with Gasteiger partial charge in [-0.25, -0.2) is 9.47 Å². The minimum Gasteiger partial charge on any atom is -0.444 e. The Balaban J connectivity index is 2.23. The maximum atomic E-state index is 12.1. The van der Waals surface area contributed by atoms with Gasteiger partial charge in [-0.3, -0.25) is 5.10 Å². The number of benzene rings is 1. The van der Waals surface area contributed by atoms with Crippen molar-refractivity contribution in [2.24, 2.45) is 0 Å². The van der Waals surface area contributed by atoms with Crippen LogP contribution in [0.2, 0.25) is 0 Å². The lowest BCUT2D eigenvalue weighted by molar-refractivity contribution is 0.0500. The first-order chi connectivity index (χ1) is 10.8. The summed E-state index contributed by atoms with van der Waals surface area (Å²) in [6.07, 6.45) is -0.0240. The van der Waals surface area contributed by atoms with Crippen molar-refractivity contribution in [2.45, 2.75) is 38.8 Å². The highest BCUT2D eigenvalue weighted by molar-refractivity contribution is 7.71. The van der Waals surface area contributed by atoms with Gasteiger partial charge in [-0.1, -0.05) is 30.3 Å². The maximum Gasteiger partial charge on any atom is 0.408 e. The van der Waals surface area contributed by atoms with E-state index in [4.69, 9.17) is 22.8 Å². The van der Waals surface area contributed by atoms with Crippen molar-refractivity contribution in [1.82, 2.24) is 20.2 Å². The lowest BCUT2D eigenvalue weighted by Gasteiger charge is -2.23. The van der Waals surface area contributed by atoms with Crippen molar-refractivity contribution in [2.75, 3.05) is 5.84 Å². The van der Waals surface area contributed by atoms with Gasteiger partial charge in [0.05, 0.1) is 6.04 Å². The molecule has 2 rings (SSSR count). The van der Waals surface area contributed by atoms with Gasteiger partial charge >= 0.3 is 6.09 Å². The molecule has 0 aliphatic heterocycles. The summed E-state index contributed by atoms with van der Waals surface area (Å²) in [5.74, 6) is 6.32. The molecule has 1 aromatic heterocycles.